The average molecular weight is 292 g/mol. The van der Waals surface area contributed by atoms with E-state index in [0.717, 1.165) is 30.7 Å². The van der Waals surface area contributed by atoms with Gasteiger partial charge in [-0.05, 0) is 67.6 Å². The smallest absolute Gasteiger partial charge is 0.239 e. The molecule has 2 N–H and O–H groups in total. The van der Waals surface area contributed by atoms with Gasteiger partial charge in [-0.25, -0.2) is 0 Å². The van der Waals surface area contributed by atoms with Crippen LogP contribution in [0.3, 0.4) is 0 Å². The third kappa shape index (κ3) is 2.86. The van der Waals surface area contributed by atoms with Crippen LogP contribution < -0.4 is 5.73 Å². The first-order valence-electron chi connectivity index (χ1n) is 8.93. The normalized spacial score (nSPS) is 40.1. The van der Waals surface area contributed by atoms with Gasteiger partial charge < -0.3 is 10.6 Å². The number of hydrogen-bond acceptors (Lipinski definition) is 2. The van der Waals surface area contributed by atoms with E-state index >= 15 is 0 Å². The van der Waals surface area contributed by atoms with Crippen LogP contribution in [0.25, 0.3) is 0 Å². The molecule has 4 aliphatic carbocycles. The maximum atomic E-state index is 12.6. The molecule has 0 heterocycles. The lowest BCUT2D eigenvalue weighted by atomic mass is 9.49. The molecule has 3 heteroatoms. The van der Waals surface area contributed by atoms with Crippen molar-refractivity contribution in [3.8, 4) is 0 Å². The Morgan fingerprint density at radius 2 is 1.67 bits per heavy atom. The van der Waals surface area contributed by atoms with Crippen LogP contribution in [0.15, 0.2) is 0 Å². The van der Waals surface area contributed by atoms with Gasteiger partial charge in [-0.1, -0.05) is 20.3 Å². The summed E-state index contributed by atoms with van der Waals surface area (Å²) >= 11 is 0. The highest BCUT2D eigenvalue weighted by molar-refractivity contribution is 5.81. The molecule has 21 heavy (non-hydrogen) atoms. The van der Waals surface area contributed by atoms with Crippen molar-refractivity contribution < 1.29 is 4.79 Å². The van der Waals surface area contributed by atoms with Gasteiger partial charge in [-0.2, -0.15) is 0 Å². The maximum Gasteiger partial charge on any atom is 0.239 e. The number of carbonyl (C=O) groups is 1. The summed E-state index contributed by atoms with van der Waals surface area (Å²) in [6, 6.07) is -0.325. The van der Waals surface area contributed by atoms with Crippen molar-refractivity contribution in [2.45, 2.75) is 64.8 Å². The number of amides is 1. The summed E-state index contributed by atoms with van der Waals surface area (Å²) in [4.78, 5) is 14.5. The Hall–Kier alpha value is -0.570. The molecule has 0 radical (unpaired) electrons. The number of likely N-dealkylation sites (N-methyl/N-ethyl adjacent to an activating group) is 1. The van der Waals surface area contributed by atoms with Crippen LogP contribution in [-0.4, -0.2) is 30.4 Å². The molecule has 0 saturated heterocycles. The molecule has 3 nitrogen and oxygen atoms in total. The molecule has 4 rings (SSSR count). The van der Waals surface area contributed by atoms with Gasteiger partial charge in [0.05, 0.1) is 6.04 Å². The van der Waals surface area contributed by atoms with Crippen molar-refractivity contribution in [1.29, 1.82) is 0 Å². The lowest BCUT2D eigenvalue weighted by molar-refractivity contribution is -0.137. The predicted molar refractivity (Wildman–Crippen MR) is 85.7 cm³/mol. The summed E-state index contributed by atoms with van der Waals surface area (Å²) in [5.74, 6) is 3.27. The zero-order valence-electron chi connectivity index (χ0n) is 14.0. The van der Waals surface area contributed by atoms with Crippen molar-refractivity contribution in [2.24, 2.45) is 34.8 Å². The largest absolute Gasteiger partial charge is 0.344 e. The highest BCUT2D eigenvalue weighted by Gasteiger charge is 2.51. The molecule has 4 aliphatic rings. The van der Waals surface area contributed by atoms with Gasteiger partial charge in [0, 0.05) is 13.6 Å². The first-order valence-corrected chi connectivity index (χ1v) is 8.93. The Bertz CT molecular complexity index is 371. The van der Waals surface area contributed by atoms with Gasteiger partial charge in [-0.3, -0.25) is 4.79 Å². The second-order valence-electron chi connectivity index (χ2n) is 8.52. The molecular formula is C18H32N2O. The number of nitrogens with zero attached hydrogens (tertiary/aromatic N) is 1. The zero-order chi connectivity index (χ0) is 15.2. The van der Waals surface area contributed by atoms with Crippen LogP contribution in [0, 0.1) is 29.1 Å². The van der Waals surface area contributed by atoms with E-state index in [1.807, 2.05) is 11.9 Å². The molecular weight excluding hydrogens is 260 g/mol. The van der Waals surface area contributed by atoms with Crippen LogP contribution in [-0.2, 0) is 4.79 Å². The van der Waals surface area contributed by atoms with Crippen LogP contribution in [0.1, 0.15) is 58.8 Å². The van der Waals surface area contributed by atoms with E-state index in [1.165, 1.54) is 38.5 Å². The molecule has 2 atom stereocenters. The minimum atomic E-state index is -0.325. The Kier molecular flexibility index (Phi) is 4.06. The summed E-state index contributed by atoms with van der Waals surface area (Å²) in [5, 5.41) is 0. The van der Waals surface area contributed by atoms with E-state index in [-0.39, 0.29) is 17.9 Å². The van der Waals surface area contributed by atoms with Gasteiger partial charge in [0.1, 0.15) is 0 Å². The van der Waals surface area contributed by atoms with Gasteiger partial charge in [0.15, 0.2) is 0 Å². The predicted octanol–water partition coefficient (Wildman–Crippen LogP) is 3.03. The molecule has 0 aliphatic heterocycles. The molecule has 120 valence electrons. The van der Waals surface area contributed by atoms with Crippen molar-refractivity contribution in [1.82, 2.24) is 4.90 Å². The monoisotopic (exact) mass is 292 g/mol. The second-order valence-corrected chi connectivity index (χ2v) is 8.52. The minimum Gasteiger partial charge on any atom is -0.344 e. The fourth-order valence-electron chi connectivity index (χ4n) is 5.82. The molecule has 0 aromatic heterocycles. The zero-order valence-corrected chi connectivity index (χ0v) is 14.0. The van der Waals surface area contributed by atoms with E-state index in [1.54, 1.807) is 0 Å². The number of rotatable bonds is 5. The molecule has 1 amide bonds. The highest BCUT2D eigenvalue weighted by atomic mass is 16.2. The highest BCUT2D eigenvalue weighted by Crippen LogP contribution is 2.60. The fourth-order valence-corrected chi connectivity index (χ4v) is 5.82. The van der Waals surface area contributed by atoms with E-state index in [2.05, 4.69) is 13.8 Å². The number of nitrogens with two attached hydrogens (primary N) is 1. The van der Waals surface area contributed by atoms with Crippen LogP contribution in [0.5, 0.6) is 0 Å². The Morgan fingerprint density at radius 1 is 1.19 bits per heavy atom. The number of hydrogen-bond donors (Lipinski definition) is 1. The molecule has 4 fully saturated rings. The topological polar surface area (TPSA) is 46.3 Å². The molecule has 4 bridgehead atoms. The quantitative estimate of drug-likeness (QED) is 0.846. The van der Waals surface area contributed by atoms with Crippen LogP contribution in [0.4, 0.5) is 0 Å². The van der Waals surface area contributed by atoms with E-state index in [0.29, 0.717) is 5.41 Å². The summed E-state index contributed by atoms with van der Waals surface area (Å²) in [6.07, 6.45) is 9.42. The first-order chi connectivity index (χ1) is 9.92. The Labute approximate surface area is 129 Å². The standard InChI is InChI=1S/C18H32N2O/c1-4-12(2)16(19)17(21)20(3)11-18-8-13-5-14(9-18)7-15(6-13)10-18/h12-16H,4-11,19H2,1-3H3. The summed E-state index contributed by atoms with van der Waals surface area (Å²) in [6.45, 7) is 5.14. The maximum absolute atomic E-state index is 12.6. The molecule has 0 spiro atoms. The van der Waals surface area contributed by atoms with Gasteiger partial charge in [-0.15, -0.1) is 0 Å². The summed E-state index contributed by atoms with van der Waals surface area (Å²) in [5.41, 5.74) is 6.57. The van der Waals surface area contributed by atoms with Crippen molar-refractivity contribution in [3.05, 3.63) is 0 Å². The van der Waals surface area contributed by atoms with Crippen molar-refractivity contribution in [3.63, 3.8) is 0 Å². The molecule has 0 aromatic carbocycles. The minimum absolute atomic E-state index is 0.153. The lowest BCUT2D eigenvalue weighted by Crippen LogP contribution is -2.54. The van der Waals surface area contributed by atoms with E-state index in [4.69, 9.17) is 5.73 Å². The van der Waals surface area contributed by atoms with Crippen molar-refractivity contribution >= 4 is 5.91 Å². The third-order valence-electron chi connectivity index (χ3n) is 6.66. The summed E-state index contributed by atoms with van der Waals surface area (Å²) in [7, 11) is 1.98. The molecule has 0 aromatic rings. The van der Waals surface area contributed by atoms with Gasteiger partial charge in [0.2, 0.25) is 5.91 Å². The number of carbonyl (C=O) groups excluding carboxylic acids is 1. The SMILES string of the molecule is CCC(C)C(N)C(=O)N(C)CC12CC3CC(CC(C3)C1)C2. The van der Waals surface area contributed by atoms with Crippen molar-refractivity contribution in [2.75, 3.05) is 13.6 Å². The lowest BCUT2D eigenvalue weighted by Gasteiger charge is -2.57. The van der Waals surface area contributed by atoms with E-state index in [9.17, 15) is 4.79 Å². The molecule has 2 unspecified atom stereocenters. The fraction of sp³-hybridized carbons (Fsp3) is 0.944. The molecule has 4 saturated carbocycles. The first kappa shape index (κ1) is 15.3. The average Bonchev–Trinajstić information content (AvgIpc) is 2.42. The Morgan fingerprint density at radius 3 is 2.10 bits per heavy atom. The van der Waals surface area contributed by atoms with Gasteiger partial charge >= 0.3 is 0 Å². The third-order valence-corrected chi connectivity index (χ3v) is 6.66. The van der Waals surface area contributed by atoms with E-state index < -0.39 is 0 Å². The van der Waals surface area contributed by atoms with Crippen LogP contribution in [0.2, 0.25) is 0 Å². The summed E-state index contributed by atoms with van der Waals surface area (Å²) < 4.78 is 0. The Balaban J connectivity index is 1.64. The second kappa shape index (κ2) is 5.57. The van der Waals surface area contributed by atoms with Gasteiger partial charge in [0.25, 0.3) is 0 Å². The van der Waals surface area contributed by atoms with Crippen LogP contribution >= 0.6 is 0 Å².